The van der Waals surface area contributed by atoms with Crippen molar-refractivity contribution in [2.45, 2.75) is 64.5 Å². The van der Waals surface area contributed by atoms with Crippen molar-refractivity contribution >= 4 is 0 Å². The van der Waals surface area contributed by atoms with Crippen LogP contribution >= 0.6 is 0 Å². The molecule has 98 valence electrons. The van der Waals surface area contributed by atoms with Crippen LogP contribution in [0.4, 0.5) is 0 Å². The second-order valence-electron chi connectivity index (χ2n) is 5.14. The summed E-state index contributed by atoms with van der Waals surface area (Å²) in [4.78, 5) is 0. The number of ether oxygens (including phenoxy) is 1. The molecule has 1 aliphatic rings. The minimum absolute atomic E-state index is 0.287. The third-order valence-corrected chi connectivity index (χ3v) is 3.72. The number of nitrogens with one attached hydrogen (secondary N) is 1. The quantitative estimate of drug-likeness (QED) is 0.571. The van der Waals surface area contributed by atoms with Crippen LogP contribution in [0.15, 0.2) is 0 Å². The van der Waals surface area contributed by atoms with E-state index in [-0.39, 0.29) is 6.10 Å². The van der Waals surface area contributed by atoms with Crippen molar-refractivity contribution in [1.82, 2.24) is 5.32 Å². The maximum absolute atomic E-state index is 8.58. The highest BCUT2D eigenvalue weighted by molar-refractivity contribution is 4.79. The number of nitriles is 1. The summed E-state index contributed by atoms with van der Waals surface area (Å²) in [5, 5.41) is 12.1. The maximum atomic E-state index is 8.58. The second-order valence-corrected chi connectivity index (χ2v) is 5.14. The zero-order valence-electron chi connectivity index (χ0n) is 11.2. The van der Waals surface area contributed by atoms with Crippen molar-refractivity contribution in [3.8, 4) is 6.07 Å². The molecule has 1 fully saturated rings. The summed E-state index contributed by atoms with van der Waals surface area (Å²) >= 11 is 0. The Bertz CT molecular complexity index is 229. The molecule has 3 heteroatoms. The molecule has 1 unspecified atom stereocenters. The molecule has 0 aromatic carbocycles. The van der Waals surface area contributed by atoms with Crippen LogP contribution in [0.25, 0.3) is 0 Å². The van der Waals surface area contributed by atoms with Crippen LogP contribution in [-0.2, 0) is 4.74 Å². The maximum Gasteiger partial charge on any atom is 0.141 e. The van der Waals surface area contributed by atoms with Gasteiger partial charge in [0.25, 0.3) is 0 Å². The standard InChI is InChI=1S/C14H26N2O/c1-12(11-15)17-10-9-16-13(2)14-7-5-3-4-6-8-14/h12-14,16H,3-10H2,1-2H3/t12?,13-/m1/s1. The lowest BCUT2D eigenvalue weighted by Crippen LogP contribution is -2.36. The molecule has 1 saturated carbocycles. The van der Waals surface area contributed by atoms with Crippen LogP contribution in [0, 0.1) is 17.2 Å². The van der Waals surface area contributed by atoms with Gasteiger partial charge in [-0.3, -0.25) is 0 Å². The molecule has 0 bridgehead atoms. The smallest absolute Gasteiger partial charge is 0.141 e. The van der Waals surface area contributed by atoms with Gasteiger partial charge in [-0.15, -0.1) is 0 Å². The van der Waals surface area contributed by atoms with E-state index in [9.17, 15) is 0 Å². The first-order valence-electron chi connectivity index (χ1n) is 6.98. The largest absolute Gasteiger partial charge is 0.362 e. The van der Waals surface area contributed by atoms with Crippen LogP contribution in [0.1, 0.15) is 52.4 Å². The molecule has 1 N–H and O–H groups in total. The van der Waals surface area contributed by atoms with Gasteiger partial charge < -0.3 is 10.1 Å². The van der Waals surface area contributed by atoms with E-state index in [1.54, 1.807) is 6.92 Å². The summed E-state index contributed by atoms with van der Waals surface area (Å²) in [6.45, 7) is 5.55. The predicted molar refractivity (Wildman–Crippen MR) is 69.7 cm³/mol. The van der Waals surface area contributed by atoms with Crippen LogP contribution in [0.2, 0.25) is 0 Å². The van der Waals surface area contributed by atoms with E-state index < -0.39 is 0 Å². The van der Waals surface area contributed by atoms with Gasteiger partial charge in [0, 0.05) is 12.6 Å². The molecule has 0 aromatic rings. The topological polar surface area (TPSA) is 45.0 Å². The Morgan fingerprint density at radius 1 is 1.24 bits per heavy atom. The molecule has 2 atom stereocenters. The number of hydrogen-bond acceptors (Lipinski definition) is 3. The van der Waals surface area contributed by atoms with E-state index in [0.717, 1.165) is 12.5 Å². The normalized spacial score (nSPS) is 21.5. The fraction of sp³-hybridized carbons (Fsp3) is 0.929. The highest BCUT2D eigenvalue weighted by Gasteiger charge is 2.18. The van der Waals surface area contributed by atoms with E-state index >= 15 is 0 Å². The van der Waals surface area contributed by atoms with Crippen molar-refractivity contribution in [3.63, 3.8) is 0 Å². The van der Waals surface area contributed by atoms with Crippen LogP contribution in [0.5, 0.6) is 0 Å². The Morgan fingerprint density at radius 2 is 1.88 bits per heavy atom. The summed E-state index contributed by atoms with van der Waals surface area (Å²) in [5.74, 6) is 0.825. The minimum Gasteiger partial charge on any atom is -0.362 e. The lowest BCUT2D eigenvalue weighted by atomic mass is 9.93. The second kappa shape index (κ2) is 8.49. The molecule has 3 nitrogen and oxygen atoms in total. The van der Waals surface area contributed by atoms with Gasteiger partial charge in [0.1, 0.15) is 6.10 Å². The van der Waals surface area contributed by atoms with Crippen molar-refractivity contribution in [2.75, 3.05) is 13.2 Å². The molecule has 0 heterocycles. The van der Waals surface area contributed by atoms with E-state index in [4.69, 9.17) is 10.00 Å². The Morgan fingerprint density at radius 3 is 2.47 bits per heavy atom. The molecular formula is C14H26N2O. The van der Waals surface area contributed by atoms with Gasteiger partial charge in [-0.25, -0.2) is 0 Å². The van der Waals surface area contributed by atoms with Crippen molar-refractivity contribution in [2.24, 2.45) is 5.92 Å². The van der Waals surface area contributed by atoms with Crippen molar-refractivity contribution in [1.29, 1.82) is 5.26 Å². The number of nitrogens with zero attached hydrogens (tertiary/aromatic N) is 1. The fourth-order valence-corrected chi connectivity index (χ4v) is 2.54. The Hall–Kier alpha value is -0.590. The van der Waals surface area contributed by atoms with Gasteiger partial charge in [-0.05, 0) is 32.6 Å². The molecule has 1 rings (SSSR count). The summed E-state index contributed by atoms with van der Waals surface area (Å²) in [5.41, 5.74) is 0. The highest BCUT2D eigenvalue weighted by atomic mass is 16.5. The molecule has 0 radical (unpaired) electrons. The van der Waals surface area contributed by atoms with E-state index in [2.05, 4.69) is 18.3 Å². The van der Waals surface area contributed by atoms with Gasteiger partial charge in [0.15, 0.2) is 0 Å². The monoisotopic (exact) mass is 238 g/mol. The van der Waals surface area contributed by atoms with Crippen molar-refractivity contribution in [3.05, 3.63) is 0 Å². The SMILES string of the molecule is CC(C#N)OCCN[C@H](C)C1CCCCCC1. The molecule has 0 spiro atoms. The Labute approximate surface area is 106 Å². The lowest BCUT2D eigenvalue weighted by Gasteiger charge is -2.23. The van der Waals surface area contributed by atoms with E-state index in [1.807, 2.05) is 0 Å². The Kier molecular flexibility index (Phi) is 7.23. The lowest BCUT2D eigenvalue weighted by molar-refractivity contribution is 0.101. The molecular weight excluding hydrogens is 212 g/mol. The average Bonchev–Trinajstić information content (AvgIpc) is 2.62. The zero-order valence-corrected chi connectivity index (χ0v) is 11.2. The highest BCUT2D eigenvalue weighted by Crippen LogP contribution is 2.25. The van der Waals surface area contributed by atoms with Crippen LogP contribution in [-0.4, -0.2) is 25.3 Å². The molecule has 0 aromatic heterocycles. The Balaban J connectivity index is 2.11. The molecule has 17 heavy (non-hydrogen) atoms. The molecule has 0 aliphatic heterocycles. The van der Waals surface area contributed by atoms with E-state index in [1.165, 1.54) is 38.5 Å². The first-order valence-corrected chi connectivity index (χ1v) is 6.98. The van der Waals surface area contributed by atoms with E-state index in [0.29, 0.717) is 12.6 Å². The van der Waals surface area contributed by atoms with Gasteiger partial charge >= 0.3 is 0 Å². The minimum atomic E-state index is -0.287. The predicted octanol–water partition coefficient (Wildman–Crippen LogP) is 2.86. The first kappa shape index (κ1) is 14.5. The van der Waals surface area contributed by atoms with Gasteiger partial charge in [-0.2, -0.15) is 5.26 Å². The summed E-state index contributed by atoms with van der Waals surface area (Å²) in [7, 11) is 0. The number of rotatable bonds is 6. The summed E-state index contributed by atoms with van der Waals surface area (Å²) in [6, 6.07) is 2.65. The fourth-order valence-electron chi connectivity index (χ4n) is 2.54. The summed E-state index contributed by atoms with van der Waals surface area (Å²) < 4.78 is 5.33. The first-order chi connectivity index (χ1) is 8.24. The average molecular weight is 238 g/mol. The summed E-state index contributed by atoms with van der Waals surface area (Å²) in [6.07, 6.45) is 8.03. The third kappa shape index (κ3) is 6.05. The van der Waals surface area contributed by atoms with Crippen molar-refractivity contribution < 1.29 is 4.74 Å². The van der Waals surface area contributed by atoms with Crippen LogP contribution < -0.4 is 5.32 Å². The zero-order chi connectivity index (χ0) is 12.5. The van der Waals surface area contributed by atoms with Gasteiger partial charge in [0.05, 0.1) is 12.7 Å². The van der Waals surface area contributed by atoms with Gasteiger partial charge in [0.2, 0.25) is 0 Å². The van der Waals surface area contributed by atoms with Crippen LogP contribution in [0.3, 0.4) is 0 Å². The molecule has 0 saturated heterocycles. The van der Waals surface area contributed by atoms with Gasteiger partial charge in [-0.1, -0.05) is 25.7 Å². The molecule has 1 aliphatic carbocycles. The molecule has 0 amide bonds. The number of hydrogen-bond donors (Lipinski definition) is 1. The third-order valence-electron chi connectivity index (χ3n) is 3.72.